The van der Waals surface area contributed by atoms with Crippen molar-refractivity contribution in [3.63, 3.8) is 0 Å². The summed E-state index contributed by atoms with van der Waals surface area (Å²) in [6, 6.07) is 9.61. The molecule has 1 N–H and O–H groups in total. The molecule has 0 spiro atoms. The fourth-order valence-electron chi connectivity index (χ4n) is 2.93. The maximum Gasteiger partial charge on any atom is 0.521 e. The van der Waals surface area contributed by atoms with Crippen molar-refractivity contribution in [3.8, 4) is 0 Å². The van der Waals surface area contributed by atoms with Crippen molar-refractivity contribution >= 4 is 12.0 Å². The van der Waals surface area contributed by atoms with Gasteiger partial charge in [-0.2, -0.15) is 9.28 Å². The lowest BCUT2D eigenvalue weighted by atomic mass is 10.1. The summed E-state index contributed by atoms with van der Waals surface area (Å²) in [7, 11) is 0. The first kappa shape index (κ1) is 13.7. The van der Waals surface area contributed by atoms with Gasteiger partial charge in [0.15, 0.2) is 0 Å². The molecule has 2 amide bonds. The number of carbonyl (C=O) groups excluding carboxylic acids is 1. The normalized spacial score (nSPS) is 26.3. The minimum Gasteiger partial charge on any atom is -0.435 e. The van der Waals surface area contributed by atoms with Crippen LogP contribution in [-0.2, 0) is 11.2 Å². The van der Waals surface area contributed by atoms with Crippen LogP contribution in [0.25, 0.3) is 0 Å². The predicted octanol–water partition coefficient (Wildman–Crippen LogP) is 2.82. The van der Waals surface area contributed by atoms with E-state index in [0.29, 0.717) is 19.4 Å². The van der Waals surface area contributed by atoms with E-state index in [-0.39, 0.29) is 16.4 Å². The van der Waals surface area contributed by atoms with Gasteiger partial charge in [0.05, 0.1) is 13.0 Å². The maximum absolute atomic E-state index is 12.4. The molecule has 4 heteroatoms. The van der Waals surface area contributed by atoms with Crippen LogP contribution in [0.4, 0.5) is 4.79 Å². The molecule has 2 atom stereocenters. The van der Waals surface area contributed by atoms with E-state index in [4.69, 9.17) is 0 Å². The summed E-state index contributed by atoms with van der Waals surface area (Å²) in [6.45, 7) is 2.30. The van der Waals surface area contributed by atoms with Gasteiger partial charge in [-0.25, -0.2) is 4.79 Å². The monoisotopic (exact) mass is 262 g/mol. The highest BCUT2D eigenvalue weighted by Crippen LogP contribution is 2.29. The molecule has 2 rings (SSSR count). The molecule has 1 heterocycles. The maximum atomic E-state index is 12.4. The van der Waals surface area contributed by atoms with Crippen molar-refractivity contribution < 1.29 is 19.2 Å². The minimum atomic E-state index is -0.997. The summed E-state index contributed by atoms with van der Waals surface area (Å²) in [5.74, 6) is -0.165. The summed E-state index contributed by atoms with van der Waals surface area (Å²) < 4.78 is -0.382. The molecule has 0 aromatic heterocycles. The number of aryl methyl sites for hydroxylation is 1. The van der Waals surface area contributed by atoms with E-state index >= 15 is 0 Å². The lowest BCUT2D eigenvalue weighted by Gasteiger charge is -2.29. The SMILES string of the molecule is C[C@@H]1CCC[N+]1(C(=O)O)C(=O)CCc1ccccc1. The summed E-state index contributed by atoms with van der Waals surface area (Å²) in [5.41, 5.74) is 1.08. The topological polar surface area (TPSA) is 54.4 Å². The molecule has 102 valence electrons. The van der Waals surface area contributed by atoms with Gasteiger partial charge in [-0.1, -0.05) is 30.3 Å². The van der Waals surface area contributed by atoms with Crippen LogP contribution in [0.15, 0.2) is 30.3 Å². The second-order valence-corrected chi connectivity index (χ2v) is 5.25. The van der Waals surface area contributed by atoms with Crippen LogP contribution in [-0.4, -0.2) is 34.2 Å². The van der Waals surface area contributed by atoms with Gasteiger partial charge >= 0.3 is 12.0 Å². The van der Waals surface area contributed by atoms with Crippen molar-refractivity contribution in [2.24, 2.45) is 0 Å². The molecule has 1 fully saturated rings. The van der Waals surface area contributed by atoms with E-state index in [1.807, 2.05) is 37.3 Å². The van der Waals surface area contributed by atoms with Gasteiger partial charge in [0.25, 0.3) is 0 Å². The summed E-state index contributed by atoms with van der Waals surface area (Å²) in [6.07, 6.45) is 1.52. The number of hydrogen-bond acceptors (Lipinski definition) is 2. The minimum absolute atomic E-state index is 0.110. The summed E-state index contributed by atoms with van der Waals surface area (Å²) in [5, 5.41) is 9.45. The number of nitrogens with zero attached hydrogens (tertiary/aromatic N) is 1. The van der Waals surface area contributed by atoms with Gasteiger partial charge in [0.1, 0.15) is 6.04 Å². The van der Waals surface area contributed by atoms with Gasteiger partial charge < -0.3 is 5.11 Å². The van der Waals surface area contributed by atoms with Crippen LogP contribution in [0.1, 0.15) is 31.7 Å². The summed E-state index contributed by atoms with van der Waals surface area (Å²) >= 11 is 0. The lowest BCUT2D eigenvalue weighted by Crippen LogP contribution is -2.58. The highest BCUT2D eigenvalue weighted by Gasteiger charge is 2.52. The van der Waals surface area contributed by atoms with Crippen molar-refractivity contribution in [1.29, 1.82) is 0 Å². The molecule has 1 aliphatic rings. The van der Waals surface area contributed by atoms with Crippen LogP contribution in [0.5, 0.6) is 0 Å². The second kappa shape index (κ2) is 5.53. The molecule has 0 saturated carbocycles. The lowest BCUT2D eigenvalue weighted by molar-refractivity contribution is -0.792. The number of quaternary nitrogens is 1. The predicted molar refractivity (Wildman–Crippen MR) is 71.6 cm³/mol. The van der Waals surface area contributed by atoms with Crippen molar-refractivity contribution in [3.05, 3.63) is 35.9 Å². The standard InChI is InChI=1S/C15H19NO3/c1-12-6-5-11-16(12,15(18)19)14(17)10-9-13-7-3-2-4-8-13/h2-4,7-8,12H,5-6,9-11H2,1H3/p+1/t12-,16?/m1/s1. The highest BCUT2D eigenvalue weighted by molar-refractivity contribution is 5.81. The smallest absolute Gasteiger partial charge is 0.435 e. The largest absolute Gasteiger partial charge is 0.521 e. The molecule has 1 aliphatic heterocycles. The average molecular weight is 262 g/mol. The number of benzene rings is 1. The van der Waals surface area contributed by atoms with E-state index in [9.17, 15) is 14.7 Å². The number of carboxylic acid groups (broad SMARTS) is 1. The average Bonchev–Trinajstić information content (AvgIpc) is 2.80. The van der Waals surface area contributed by atoms with Crippen molar-refractivity contribution in [2.75, 3.05) is 6.54 Å². The Bertz CT molecular complexity index is 472. The van der Waals surface area contributed by atoms with Gasteiger partial charge in [-0.3, -0.25) is 0 Å². The fourth-order valence-corrected chi connectivity index (χ4v) is 2.93. The fraction of sp³-hybridized carbons (Fsp3) is 0.467. The third-order valence-electron chi connectivity index (χ3n) is 4.14. The second-order valence-electron chi connectivity index (χ2n) is 5.25. The van der Waals surface area contributed by atoms with Gasteiger partial charge in [-0.05, 0) is 18.9 Å². The van der Waals surface area contributed by atoms with E-state index in [1.165, 1.54) is 0 Å². The molecule has 1 unspecified atom stereocenters. The van der Waals surface area contributed by atoms with Gasteiger partial charge in [0, 0.05) is 12.8 Å². The van der Waals surface area contributed by atoms with Crippen LogP contribution in [0.3, 0.4) is 0 Å². The summed E-state index contributed by atoms with van der Waals surface area (Å²) in [4.78, 5) is 23.9. The Kier molecular flexibility index (Phi) is 4.00. The zero-order valence-electron chi connectivity index (χ0n) is 11.2. The molecule has 19 heavy (non-hydrogen) atoms. The van der Waals surface area contributed by atoms with Crippen LogP contribution in [0, 0.1) is 0 Å². The number of imide groups is 1. The van der Waals surface area contributed by atoms with E-state index in [0.717, 1.165) is 18.4 Å². The zero-order valence-corrected chi connectivity index (χ0v) is 11.2. The Morgan fingerprint density at radius 2 is 2.00 bits per heavy atom. The molecule has 0 radical (unpaired) electrons. The quantitative estimate of drug-likeness (QED) is 0.852. The van der Waals surface area contributed by atoms with Gasteiger partial charge in [0.2, 0.25) is 0 Å². The first-order valence-electron chi connectivity index (χ1n) is 6.76. The number of amides is 2. The number of hydrogen-bond donors (Lipinski definition) is 1. The third kappa shape index (κ3) is 2.54. The molecule has 0 bridgehead atoms. The number of carbonyl (C=O) groups is 2. The molecule has 0 aliphatic carbocycles. The van der Waals surface area contributed by atoms with Crippen LogP contribution in [0.2, 0.25) is 0 Å². The number of likely N-dealkylation sites (tertiary alicyclic amines) is 1. The van der Waals surface area contributed by atoms with E-state index < -0.39 is 6.09 Å². The number of rotatable bonds is 3. The molecule has 1 aromatic rings. The Morgan fingerprint density at radius 3 is 2.53 bits per heavy atom. The van der Waals surface area contributed by atoms with E-state index in [2.05, 4.69) is 0 Å². The zero-order chi connectivity index (χ0) is 13.9. The first-order valence-corrected chi connectivity index (χ1v) is 6.76. The van der Waals surface area contributed by atoms with Crippen molar-refractivity contribution in [2.45, 2.75) is 38.6 Å². The van der Waals surface area contributed by atoms with Crippen molar-refractivity contribution in [1.82, 2.24) is 0 Å². The Balaban J connectivity index is 2.07. The van der Waals surface area contributed by atoms with Gasteiger partial charge in [-0.15, -0.1) is 0 Å². The molecule has 1 aromatic carbocycles. The van der Waals surface area contributed by atoms with Crippen LogP contribution >= 0.6 is 0 Å². The Morgan fingerprint density at radius 1 is 1.32 bits per heavy atom. The highest BCUT2D eigenvalue weighted by atomic mass is 16.4. The Hall–Kier alpha value is -1.68. The molecular formula is C15H20NO3+. The Labute approximate surface area is 113 Å². The van der Waals surface area contributed by atoms with E-state index in [1.54, 1.807) is 0 Å². The van der Waals surface area contributed by atoms with Crippen LogP contribution < -0.4 is 0 Å². The molecule has 1 saturated heterocycles. The first-order chi connectivity index (χ1) is 9.07. The molecular weight excluding hydrogens is 242 g/mol. The molecule has 4 nitrogen and oxygen atoms in total. The third-order valence-corrected chi connectivity index (χ3v) is 4.14.